The summed E-state index contributed by atoms with van der Waals surface area (Å²) in [7, 11) is 0. The van der Waals surface area contributed by atoms with Crippen LogP contribution in [0.2, 0.25) is 0 Å². The van der Waals surface area contributed by atoms with Crippen molar-refractivity contribution in [1.29, 1.82) is 0 Å². The molecule has 0 bridgehead atoms. The van der Waals surface area contributed by atoms with Crippen LogP contribution >= 0.6 is 12.4 Å². The Morgan fingerprint density at radius 3 is 2.83 bits per heavy atom. The third-order valence-electron chi connectivity index (χ3n) is 5.63. The van der Waals surface area contributed by atoms with Gasteiger partial charge in [-0.05, 0) is 64.3 Å². The fourth-order valence-electron chi connectivity index (χ4n) is 3.95. The molecule has 3 heterocycles. The monoisotopic (exact) mass is 435 g/mol. The molecular formula is C21H30ClN5O3. The first-order chi connectivity index (χ1) is 14.2. The van der Waals surface area contributed by atoms with Crippen LogP contribution in [0.25, 0.3) is 0 Å². The first kappa shape index (κ1) is 22.5. The molecule has 8 nitrogen and oxygen atoms in total. The minimum Gasteiger partial charge on any atom is -0.489 e. The largest absolute Gasteiger partial charge is 0.489 e. The van der Waals surface area contributed by atoms with Crippen molar-refractivity contribution in [2.75, 3.05) is 31.6 Å². The smallest absolute Gasteiger partial charge is 0.278 e. The van der Waals surface area contributed by atoms with Crippen LogP contribution in [-0.4, -0.2) is 53.3 Å². The van der Waals surface area contributed by atoms with Gasteiger partial charge in [0.1, 0.15) is 12.4 Å². The topological polar surface area (TPSA) is 90.3 Å². The van der Waals surface area contributed by atoms with Gasteiger partial charge in [0.15, 0.2) is 5.69 Å². The number of piperidine rings is 1. The fourth-order valence-corrected chi connectivity index (χ4v) is 3.95. The number of carbonyl (C=O) groups is 1. The molecule has 1 aromatic carbocycles. The number of para-hydroxylation sites is 2. The van der Waals surface area contributed by atoms with Gasteiger partial charge >= 0.3 is 0 Å². The first-order valence-electron chi connectivity index (χ1n) is 10.5. The molecule has 1 atom stereocenters. The molecule has 9 heteroatoms. The summed E-state index contributed by atoms with van der Waals surface area (Å²) < 4.78 is 13.6. The van der Waals surface area contributed by atoms with Crippen LogP contribution in [0, 0.1) is 6.92 Å². The second-order valence-corrected chi connectivity index (χ2v) is 7.70. The summed E-state index contributed by atoms with van der Waals surface area (Å²) in [6.45, 7) is 5.10. The van der Waals surface area contributed by atoms with Crippen molar-refractivity contribution < 1.29 is 14.3 Å². The molecule has 2 fully saturated rings. The van der Waals surface area contributed by atoms with Crippen LogP contribution < -0.4 is 15.4 Å². The van der Waals surface area contributed by atoms with Gasteiger partial charge in [-0.25, -0.2) is 4.68 Å². The number of rotatable bonds is 6. The highest BCUT2D eigenvalue weighted by Gasteiger charge is 2.23. The van der Waals surface area contributed by atoms with Crippen LogP contribution in [0.4, 0.5) is 5.69 Å². The number of aromatic nitrogens is 3. The average molecular weight is 436 g/mol. The number of anilines is 1. The zero-order valence-electron chi connectivity index (χ0n) is 17.3. The van der Waals surface area contributed by atoms with Crippen molar-refractivity contribution in [2.45, 2.75) is 51.2 Å². The molecule has 0 spiro atoms. The highest BCUT2D eigenvalue weighted by molar-refractivity contribution is 6.04. The summed E-state index contributed by atoms with van der Waals surface area (Å²) in [5.41, 5.74) is 1.78. The number of benzene rings is 1. The minimum absolute atomic E-state index is 0. The molecule has 30 heavy (non-hydrogen) atoms. The van der Waals surface area contributed by atoms with Crippen LogP contribution in [0.1, 0.15) is 54.3 Å². The number of ether oxygens (including phenoxy) is 2. The Hall–Kier alpha value is -2.16. The van der Waals surface area contributed by atoms with Gasteiger partial charge in [-0.15, -0.1) is 17.5 Å². The van der Waals surface area contributed by atoms with Gasteiger partial charge < -0.3 is 20.1 Å². The Morgan fingerprint density at radius 2 is 2.07 bits per heavy atom. The van der Waals surface area contributed by atoms with E-state index in [-0.39, 0.29) is 30.5 Å². The van der Waals surface area contributed by atoms with E-state index >= 15 is 0 Å². The zero-order chi connectivity index (χ0) is 20.1. The molecule has 164 valence electrons. The predicted octanol–water partition coefficient (Wildman–Crippen LogP) is 3.13. The van der Waals surface area contributed by atoms with Crippen molar-refractivity contribution in [3.8, 4) is 5.75 Å². The van der Waals surface area contributed by atoms with Crippen molar-refractivity contribution >= 4 is 24.0 Å². The van der Waals surface area contributed by atoms with E-state index in [1.54, 1.807) is 0 Å². The number of hydrogen-bond donors (Lipinski definition) is 2. The Bertz CT molecular complexity index is 832. The van der Waals surface area contributed by atoms with E-state index in [4.69, 9.17) is 9.47 Å². The van der Waals surface area contributed by atoms with Gasteiger partial charge in [-0.3, -0.25) is 4.79 Å². The van der Waals surface area contributed by atoms with E-state index in [9.17, 15) is 4.79 Å². The fraction of sp³-hybridized carbons (Fsp3) is 0.571. The standard InChI is InChI=1S/C21H29N5O3.ClH/c1-15-20(24-25-26(15)16-9-11-22-12-10-16)21(27)23-18-7-2-3-8-19(18)29-14-17-6-4-5-13-28-17;/h2-3,7-8,16-17,22H,4-6,9-14H2,1H3,(H,23,27);1H. The maximum atomic E-state index is 12.9. The summed E-state index contributed by atoms with van der Waals surface area (Å²) in [6.07, 6.45) is 5.38. The van der Waals surface area contributed by atoms with Crippen molar-refractivity contribution in [3.05, 3.63) is 35.7 Å². The summed E-state index contributed by atoms with van der Waals surface area (Å²) in [5, 5.41) is 14.7. The van der Waals surface area contributed by atoms with Crippen molar-refractivity contribution in [3.63, 3.8) is 0 Å². The van der Waals surface area contributed by atoms with Crippen molar-refractivity contribution in [1.82, 2.24) is 20.3 Å². The summed E-state index contributed by atoms with van der Waals surface area (Å²) in [6, 6.07) is 7.75. The van der Waals surface area contributed by atoms with Gasteiger partial charge in [-0.1, -0.05) is 17.3 Å². The second-order valence-electron chi connectivity index (χ2n) is 7.70. The lowest BCUT2D eigenvalue weighted by atomic mass is 10.1. The Labute approximate surface area is 183 Å². The number of amides is 1. The molecule has 0 aliphatic carbocycles. The number of halogens is 1. The average Bonchev–Trinajstić information content (AvgIpc) is 3.16. The van der Waals surface area contributed by atoms with Gasteiger partial charge in [0, 0.05) is 6.61 Å². The van der Waals surface area contributed by atoms with Gasteiger partial charge in [0.2, 0.25) is 0 Å². The predicted molar refractivity (Wildman–Crippen MR) is 117 cm³/mol. The molecule has 4 rings (SSSR count). The molecule has 2 aliphatic rings. The molecule has 0 radical (unpaired) electrons. The SMILES string of the molecule is Cc1c(C(=O)Nc2ccccc2OCC2CCCCO2)nnn1C1CCNCC1.Cl. The Morgan fingerprint density at radius 1 is 1.27 bits per heavy atom. The van der Waals surface area contributed by atoms with Crippen LogP contribution in [-0.2, 0) is 4.74 Å². The maximum absolute atomic E-state index is 12.9. The second kappa shape index (κ2) is 10.7. The quantitative estimate of drug-likeness (QED) is 0.724. The summed E-state index contributed by atoms with van der Waals surface area (Å²) in [4.78, 5) is 12.9. The molecule has 2 aromatic rings. The molecular weight excluding hydrogens is 406 g/mol. The molecule has 2 saturated heterocycles. The molecule has 1 amide bonds. The number of nitrogens with zero attached hydrogens (tertiary/aromatic N) is 3. The van der Waals surface area contributed by atoms with Gasteiger partial charge in [-0.2, -0.15) is 0 Å². The van der Waals surface area contributed by atoms with Crippen molar-refractivity contribution in [2.24, 2.45) is 0 Å². The first-order valence-corrected chi connectivity index (χ1v) is 10.5. The highest BCUT2D eigenvalue weighted by atomic mass is 35.5. The molecule has 1 aromatic heterocycles. The maximum Gasteiger partial charge on any atom is 0.278 e. The third kappa shape index (κ3) is 5.30. The zero-order valence-corrected chi connectivity index (χ0v) is 18.1. The van der Waals surface area contributed by atoms with Crippen LogP contribution in [0.15, 0.2) is 24.3 Å². The summed E-state index contributed by atoms with van der Waals surface area (Å²) >= 11 is 0. The van der Waals surface area contributed by atoms with Gasteiger partial charge in [0.05, 0.1) is 23.5 Å². The Kier molecular flexibility index (Phi) is 8.07. The van der Waals surface area contributed by atoms with E-state index in [1.807, 2.05) is 35.9 Å². The minimum atomic E-state index is -0.271. The molecule has 1 unspecified atom stereocenters. The van der Waals surface area contributed by atoms with E-state index in [2.05, 4.69) is 20.9 Å². The van der Waals surface area contributed by atoms with E-state index in [0.29, 0.717) is 23.7 Å². The Balaban J connectivity index is 0.00000256. The van der Waals surface area contributed by atoms with E-state index < -0.39 is 0 Å². The van der Waals surface area contributed by atoms with E-state index in [1.165, 1.54) is 6.42 Å². The highest BCUT2D eigenvalue weighted by Crippen LogP contribution is 2.26. The van der Waals surface area contributed by atoms with E-state index in [0.717, 1.165) is 51.1 Å². The number of nitrogens with one attached hydrogen (secondary N) is 2. The molecule has 0 saturated carbocycles. The number of carbonyl (C=O) groups excluding carboxylic acids is 1. The van der Waals surface area contributed by atoms with Crippen LogP contribution in [0.3, 0.4) is 0 Å². The lowest BCUT2D eigenvalue weighted by Gasteiger charge is -2.23. The number of hydrogen-bond acceptors (Lipinski definition) is 6. The lowest BCUT2D eigenvalue weighted by molar-refractivity contribution is -0.0109. The third-order valence-corrected chi connectivity index (χ3v) is 5.63. The molecule has 2 N–H and O–H groups in total. The normalized spacial score (nSPS) is 19.7. The summed E-state index contributed by atoms with van der Waals surface area (Å²) in [5.74, 6) is 0.367. The lowest BCUT2D eigenvalue weighted by Crippen LogP contribution is -2.30. The molecule has 2 aliphatic heterocycles. The van der Waals surface area contributed by atoms with Crippen LogP contribution in [0.5, 0.6) is 5.75 Å². The van der Waals surface area contributed by atoms with Gasteiger partial charge in [0.25, 0.3) is 5.91 Å².